The number of aromatic nitrogens is 2. The third-order valence-corrected chi connectivity index (χ3v) is 4.48. The Hall–Kier alpha value is -1.60. The van der Waals surface area contributed by atoms with Crippen molar-refractivity contribution >= 4 is 34.1 Å². The van der Waals surface area contributed by atoms with Gasteiger partial charge in [-0.1, -0.05) is 42.2 Å². The van der Waals surface area contributed by atoms with Gasteiger partial charge >= 0.3 is 0 Å². The minimum absolute atomic E-state index is 0.0415. The van der Waals surface area contributed by atoms with E-state index in [0.717, 1.165) is 27.0 Å². The van der Waals surface area contributed by atoms with Gasteiger partial charge in [-0.05, 0) is 36.8 Å². The van der Waals surface area contributed by atoms with Crippen LogP contribution in [0.25, 0.3) is 0 Å². The zero-order chi connectivity index (χ0) is 15.2. The predicted octanol–water partition coefficient (Wildman–Crippen LogP) is 3.28. The fourth-order valence-corrected chi connectivity index (χ4v) is 3.27. The lowest BCUT2D eigenvalue weighted by Crippen LogP contribution is -2.20. The molecule has 1 aromatic carbocycles. The second-order valence-corrected chi connectivity index (χ2v) is 6.90. The number of thioether (sulfide) groups is 1. The lowest BCUT2D eigenvalue weighted by atomic mass is 10.1. The molecule has 0 aliphatic heterocycles. The van der Waals surface area contributed by atoms with Crippen molar-refractivity contribution in [2.75, 3.05) is 17.7 Å². The Morgan fingerprint density at radius 3 is 2.95 bits per heavy atom. The van der Waals surface area contributed by atoms with E-state index >= 15 is 0 Å². The molecule has 0 bridgehead atoms. The molecule has 7 heteroatoms. The summed E-state index contributed by atoms with van der Waals surface area (Å²) in [5.41, 5.74) is 2.10. The highest BCUT2D eigenvalue weighted by Gasteiger charge is 2.09. The van der Waals surface area contributed by atoms with Crippen LogP contribution >= 0.6 is 23.1 Å². The molecule has 1 aromatic heterocycles. The number of nitrogens with zero attached hydrogens (tertiary/aromatic N) is 2. The number of rotatable bonds is 6. The van der Waals surface area contributed by atoms with Gasteiger partial charge in [0.2, 0.25) is 5.13 Å². The highest BCUT2D eigenvalue weighted by molar-refractivity contribution is 8.01. The van der Waals surface area contributed by atoms with Crippen LogP contribution in [0.4, 0.5) is 5.13 Å². The summed E-state index contributed by atoms with van der Waals surface area (Å²) >= 11 is 2.97. The van der Waals surface area contributed by atoms with Gasteiger partial charge in [0.25, 0.3) is 5.91 Å². The van der Waals surface area contributed by atoms with E-state index in [-0.39, 0.29) is 12.5 Å². The molecule has 0 fully saturated rings. The monoisotopic (exact) mass is 323 g/mol. The van der Waals surface area contributed by atoms with Gasteiger partial charge in [0.15, 0.2) is 10.9 Å². The maximum Gasteiger partial charge on any atom is 0.264 e. The first-order valence-electron chi connectivity index (χ1n) is 6.54. The van der Waals surface area contributed by atoms with Gasteiger partial charge in [-0.2, -0.15) is 0 Å². The maximum absolute atomic E-state index is 11.8. The topological polar surface area (TPSA) is 64.1 Å². The van der Waals surface area contributed by atoms with Crippen molar-refractivity contribution in [2.24, 2.45) is 0 Å². The van der Waals surface area contributed by atoms with Gasteiger partial charge in [0, 0.05) is 0 Å². The summed E-state index contributed by atoms with van der Waals surface area (Å²) in [6.45, 7) is 5.94. The molecule has 0 radical (unpaired) electrons. The zero-order valence-corrected chi connectivity index (χ0v) is 13.8. The largest absolute Gasteiger partial charge is 0.483 e. The number of benzene rings is 1. The summed E-state index contributed by atoms with van der Waals surface area (Å²) in [7, 11) is 0. The van der Waals surface area contributed by atoms with Crippen LogP contribution in [0.15, 0.2) is 22.5 Å². The molecule has 2 aromatic rings. The molecule has 112 valence electrons. The van der Waals surface area contributed by atoms with Crippen LogP contribution in [0.3, 0.4) is 0 Å². The smallest absolute Gasteiger partial charge is 0.264 e. The Kier molecular flexibility index (Phi) is 5.58. The zero-order valence-electron chi connectivity index (χ0n) is 12.2. The fourth-order valence-electron chi connectivity index (χ4n) is 1.60. The van der Waals surface area contributed by atoms with E-state index < -0.39 is 0 Å². The molecule has 1 heterocycles. The van der Waals surface area contributed by atoms with Crippen molar-refractivity contribution in [3.63, 3.8) is 0 Å². The van der Waals surface area contributed by atoms with Crippen LogP contribution in [-0.4, -0.2) is 28.5 Å². The van der Waals surface area contributed by atoms with E-state index in [4.69, 9.17) is 4.74 Å². The minimum Gasteiger partial charge on any atom is -0.483 e. The van der Waals surface area contributed by atoms with Crippen LogP contribution < -0.4 is 10.1 Å². The number of hydrogen-bond acceptors (Lipinski definition) is 6. The predicted molar refractivity (Wildman–Crippen MR) is 86.3 cm³/mol. The van der Waals surface area contributed by atoms with Crippen LogP contribution in [0, 0.1) is 13.8 Å². The molecule has 5 nitrogen and oxygen atoms in total. The number of amides is 1. The summed E-state index contributed by atoms with van der Waals surface area (Å²) in [6, 6.07) is 5.90. The lowest BCUT2D eigenvalue weighted by Gasteiger charge is -2.09. The van der Waals surface area contributed by atoms with E-state index in [1.54, 1.807) is 11.8 Å². The number of anilines is 1. The first-order chi connectivity index (χ1) is 10.1. The highest BCUT2D eigenvalue weighted by Crippen LogP contribution is 2.25. The number of nitrogens with one attached hydrogen (secondary N) is 1. The van der Waals surface area contributed by atoms with Crippen molar-refractivity contribution < 1.29 is 9.53 Å². The molecule has 0 aliphatic rings. The third-order valence-electron chi connectivity index (χ3n) is 2.62. The van der Waals surface area contributed by atoms with Crippen molar-refractivity contribution in [3.8, 4) is 5.75 Å². The van der Waals surface area contributed by atoms with Crippen LogP contribution in [0.1, 0.15) is 18.1 Å². The van der Waals surface area contributed by atoms with Gasteiger partial charge in [-0.25, -0.2) is 0 Å². The first-order valence-corrected chi connectivity index (χ1v) is 8.35. The summed E-state index contributed by atoms with van der Waals surface area (Å²) in [6.07, 6.45) is 0. The molecule has 2 rings (SSSR count). The fraction of sp³-hybridized carbons (Fsp3) is 0.357. The van der Waals surface area contributed by atoms with Gasteiger partial charge in [-0.15, -0.1) is 10.2 Å². The van der Waals surface area contributed by atoms with Crippen LogP contribution in [-0.2, 0) is 4.79 Å². The number of ether oxygens (including phenoxy) is 1. The Bertz CT molecular complexity index is 628. The van der Waals surface area contributed by atoms with E-state index in [1.807, 2.05) is 39.0 Å². The maximum atomic E-state index is 11.8. The molecule has 0 aliphatic carbocycles. The standard InChI is InChI=1S/C14H17N3O2S2/c1-4-20-14-17-16-13(21-14)15-12(18)8-19-11-7-9(2)5-6-10(11)3/h5-7H,4,8H2,1-3H3,(H,15,16,18). The van der Waals surface area contributed by atoms with Crippen molar-refractivity contribution in [1.82, 2.24) is 10.2 Å². The Morgan fingerprint density at radius 2 is 2.19 bits per heavy atom. The molecule has 0 saturated heterocycles. The molecule has 0 spiro atoms. The van der Waals surface area contributed by atoms with E-state index in [1.165, 1.54) is 11.3 Å². The quantitative estimate of drug-likeness (QED) is 0.653. The SMILES string of the molecule is CCSc1nnc(NC(=O)COc2cc(C)ccc2C)s1. The number of carbonyl (C=O) groups is 1. The number of carbonyl (C=O) groups excluding carboxylic acids is 1. The minimum atomic E-state index is -0.236. The normalized spacial score (nSPS) is 10.4. The average molecular weight is 323 g/mol. The molecular formula is C14H17N3O2S2. The average Bonchev–Trinajstić information content (AvgIpc) is 2.87. The molecule has 21 heavy (non-hydrogen) atoms. The second-order valence-electron chi connectivity index (χ2n) is 4.41. The molecular weight excluding hydrogens is 306 g/mol. The molecule has 1 amide bonds. The van der Waals surface area contributed by atoms with E-state index in [9.17, 15) is 4.79 Å². The van der Waals surface area contributed by atoms with Crippen molar-refractivity contribution in [1.29, 1.82) is 0 Å². The number of aryl methyl sites for hydroxylation is 2. The van der Waals surface area contributed by atoms with Crippen molar-refractivity contribution in [2.45, 2.75) is 25.1 Å². The van der Waals surface area contributed by atoms with E-state index in [0.29, 0.717) is 5.13 Å². The first kappa shape index (κ1) is 15.8. The molecule has 0 saturated carbocycles. The molecule has 0 atom stereocenters. The van der Waals surface area contributed by atoms with E-state index in [2.05, 4.69) is 15.5 Å². The van der Waals surface area contributed by atoms with Gasteiger partial charge < -0.3 is 4.74 Å². The summed E-state index contributed by atoms with van der Waals surface area (Å²) in [4.78, 5) is 11.8. The van der Waals surface area contributed by atoms with Crippen LogP contribution in [0.2, 0.25) is 0 Å². The molecule has 1 N–H and O–H groups in total. The van der Waals surface area contributed by atoms with Crippen LogP contribution in [0.5, 0.6) is 5.75 Å². The summed E-state index contributed by atoms with van der Waals surface area (Å²) in [5.74, 6) is 1.42. The van der Waals surface area contributed by atoms with Gasteiger partial charge in [0.1, 0.15) is 5.75 Å². The van der Waals surface area contributed by atoms with Gasteiger partial charge in [0.05, 0.1) is 0 Å². The third kappa shape index (κ3) is 4.71. The second kappa shape index (κ2) is 7.42. The lowest BCUT2D eigenvalue weighted by molar-refractivity contribution is -0.118. The molecule has 0 unspecified atom stereocenters. The Morgan fingerprint density at radius 1 is 1.38 bits per heavy atom. The summed E-state index contributed by atoms with van der Waals surface area (Å²) < 4.78 is 6.40. The van der Waals surface area contributed by atoms with Crippen molar-refractivity contribution in [3.05, 3.63) is 29.3 Å². The van der Waals surface area contributed by atoms with Gasteiger partial charge in [-0.3, -0.25) is 10.1 Å². The summed E-state index contributed by atoms with van der Waals surface area (Å²) in [5, 5.41) is 11.1. The Labute approximate surface area is 132 Å². The highest BCUT2D eigenvalue weighted by atomic mass is 32.2. The Balaban J connectivity index is 1.88. The number of hydrogen-bond donors (Lipinski definition) is 1.